The van der Waals surface area contributed by atoms with Gasteiger partial charge in [0, 0.05) is 19.7 Å². The van der Waals surface area contributed by atoms with Crippen LogP contribution in [0.4, 0.5) is 0 Å². The van der Waals surface area contributed by atoms with Gasteiger partial charge in [-0.15, -0.1) is 0 Å². The van der Waals surface area contributed by atoms with Crippen molar-refractivity contribution in [2.24, 2.45) is 0 Å². The number of carbonyl (C=O) groups excluding carboxylic acids is 1. The van der Waals surface area contributed by atoms with Gasteiger partial charge in [0.05, 0.1) is 18.9 Å². The van der Waals surface area contributed by atoms with E-state index in [0.717, 1.165) is 11.8 Å². The maximum atomic E-state index is 12.7. The highest BCUT2D eigenvalue weighted by Crippen LogP contribution is 2.23. The molecule has 9 heteroatoms. The number of aromatic hydroxyl groups is 1. The molecule has 146 valence electrons. The number of sulfonamides is 1. The van der Waals surface area contributed by atoms with Crippen molar-refractivity contribution >= 4 is 15.9 Å². The van der Waals surface area contributed by atoms with Crippen molar-refractivity contribution in [2.45, 2.75) is 31.8 Å². The number of rotatable bonds is 7. The maximum Gasteiger partial charge on any atom is 0.260 e. The van der Waals surface area contributed by atoms with E-state index in [9.17, 15) is 18.3 Å². The summed E-state index contributed by atoms with van der Waals surface area (Å²) in [5.74, 6) is 0.411. The minimum absolute atomic E-state index is 0.132. The summed E-state index contributed by atoms with van der Waals surface area (Å²) in [6.07, 6.45) is 2.44. The van der Waals surface area contributed by atoms with Crippen molar-refractivity contribution in [3.63, 3.8) is 0 Å². The third kappa shape index (κ3) is 5.58. The molecule has 1 fully saturated rings. The van der Waals surface area contributed by atoms with Crippen LogP contribution < -0.4 is 9.46 Å². The predicted molar refractivity (Wildman–Crippen MR) is 96.7 cm³/mol. The fourth-order valence-electron chi connectivity index (χ4n) is 3.17. The molecule has 1 saturated heterocycles. The first-order valence-electron chi connectivity index (χ1n) is 8.39. The Hall–Kier alpha value is -1.84. The molecule has 1 aliphatic heterocycles. The van der Waals surface area contributed by atoms with Gasteiger partial charge in [0.2, 0.25) is 10.0 Å². The minimum Gasteiger partial charge on any atom is -0.508 e. The Morgan fingerprint density at radius 2 is 2.15 bits per heavy atom. The third-order valence-electron chi connectivity index (χ3n) is 4.31. The lowest BCUT2D eigenvalue weighted by atomic mass is 9.97. The zero-order valence-electron chi connectivity index (χ0n) is 15.3. The lowest BCUT2D eigenvalue weighted by molar-refractivity contribution is -0.139. The average molecular weight is 386 g/mol. The van der Waals surface area contributed by atoms with E-state index in [4.69, 9.17) is 9.47 Å². The molecular formula is C17H26N2O6S. The van der Waals surface area contributed by atoms with Crippen LogP contribution in [0.15, 0.2) is 18.2 Å². The Balaban J connectivity index is 2.06. The molecule has 1 aliphatic rings. The Morgan fingerprint density at radius 1 is 1.42 bits per heavy atom. The number of amides is 1. The van der Waals surface area contributed by atoms with Gasteiger partial charge in [0.1, 0.15) is 11.5 Å². The van der Waals surface area contributed by atoms with Crippen molar-refractivity contribution in [2.75, 3.05) is 33.1 Å². The van der Waals surface area contributed by atoms with Gasteiger partial charge >= 0.3 is 0 Å². The summed E-state index contributed by atoms with van der Waals surface area (Å²) in [6.45, 7) is 2.36. The highest BCUT2D eigenvalue weighted by molar-refractivity contribution is 7.88. The lowest BCUT2D eigenvalue weighted by Crippen LogP contribution is -2.59. The lowest BCUT2D eigenvalue weighted by Gasteiger charge is -2.40. The summed E-state index contributed by atoms with van der Waals surface area (Å²) < 4.78 is 36.6. The van der Waals surface area contributed by atoms with Crippen LogP contribution in [0.1, 0.15) is 18.4 Å². The summed E-state index contributed by atoms with van der Waals surface area (Å²) in [5, 5.41) is 9.43. The number of phenolic OH excluding ortho intramolecular Hbond substituents is 1. The van der Waals surface area contributed by atoms with E-state index in [1.54, 1.807) is 24.0 Å². The zero-order valence-corrected chi connectivity index (χ0v) is 16.1. The van der Waals surface area contributed by atoms with E-state index < -0.39 is 16.1 Å². The Bertz CT molecular complexity index is 737. The molecule has 2 atom stereocenters. The molecule has 0 bridgehead atoms. The van der Waals surface area contributed by atoms with E-state index in [1.807, 2.05) is 0 Å². The smallest absolute Gasteiger partial charge is 0.260 e. The number of methoxy groups -OCH3 is 1. The Labute approximate surface area is 154 Å². The summed E-state index contributed by atoms with van der Waals surface area (Å²) in [6, 6.07) is 3.88. The second kappa shape index (κ2) is 8.70. The van der Waals surface area contributed by atoms with Crippen LogP contribution in [0.2, 0.25) is 0 Å². The van der Waals surface area contributed by atoms with Gasteiger partial charge in [0.15, 0.2) is 6.61 Å². The number of hydrogen-bond donors (Lipinski definition) is 2. The number of benzene rings is 1. The Morgan fingerprint density at radius 3 is 2.77 bits per heavy atom. The monoisotopic (exact) mass is 386 g/mol. The number of hydrogen-bond acceptors (Lipinski definition) is 6. The van der Waals surface area contributed by atoms with Crippen molar-refractivity contribution in [3.05, 3.63) is 23.8 Å². The molecule has 0 radical (unpaired) electrons. The van der Waals surface area contributed by atoms with Gasteiger partial charge in [-0.05, 0) is 43.5 Å². The van der Waals surface area contributed by atoms with Crippen LogP contribution in [0, 0.1) is 6.92 Å². The summed E-state index contributed by atoms with van der Waals surface area (Å²) in [7, 11) is -1.87. The largest absolute Gasteiger partial charge is 0.508 e. The SMILES string of the molecule is COCC1[C@@H](NS(C)(=O)=O)CCCN1C(=O)COc1ccc(O)cc1C. The maximum absolute atomic E-state index is 12.7. The average Bonchev–Trinajstić information content (AvgIpc) is 2.54. The number of nitrogens with one attached hydrogen (secondary N) is 1. The first-order valence-corrected chi connectivity index (χ1v) is 10.3. The number of ether oxygens (including phenoxy) is 2. The van der Waals surface area contributed by atoms with Crippen LogP contribution in [0.25, 0.3) is 0 Å². The molecule has 8 nitrogen and oxygen atoms in total. The molecule has 2 N–H and O–H groups in total. The normalized spacial score (nSPS) is 20.8. The highest BCUT2D eigenvalue weighted by Gasteiger charge is 2.35. The van der Waals surface area contributed by atoms with Crippen LogP contribution >= 0.6 is 0 Å². The molecule has 1 heterocycles. The molecule has 26 heavy (non-hydrogen) atoms. The zero-order chi connectivity index (χ0) is 19.3. The molecule has 1 unspecified atom stereocenters. The van der Waals surface area contributed by atoms with Crippen molar-refractivity contribution in [1.82, 2.24) is 9.62 Å². The molecular weight excluding hydrogens is 360 g/mol. The molecule has 0 aromatic heterocycles. The van der Waals surface area contributed by atoms with Crippen molar-refractivity contribution < 1.29 is 27.8 Å². The number of aryl methyl sites for hydroxylation is 1. The number of carbonyl (C=O) groups is 1. The van der Waals surface area contributed by atoms with Crippen LogP contribution in [-0.4, -0.2) is 69.5 Å². The van der Waals surface area contributed by atoms with Gasteiger partial charge in [-0.3, -0.25) is 4.79 Å². The van der Waals surface area contributed by atoms with E-state index in [0.29, 0.717) is 25.1 Å². The van der Waals surface area contributed by atoms with Gasteiger partial charge in [-0.1, -0.05) is 0 Å². The van der Waals surface area contributed by atoms with E-state index in [1.165, 1.54) is 13.2 Å². The molecule has 0 aliphatic carbocycles. The van der Waals surface area contributed by atoms with Crippen molar-refractivity contribution in [3.8, 4) is 11.5 Å². The van der Waals surface area contributed by atoms with Gasteiger partial charge < -0.3 is 19.5 Å². The molecule has 2 rings (SSSR count). The van der Waals surface area contributed by atoms with Crippen LogP contribution in [-0.2, 0) is 19.6 Å². The number of piperidine rings is 1. The predicted octanol–water partition coefficient (Wildman–Crippen LogP) is 0.635. The van der Waals surface area contributed by atoms with E-state index >= 15 is 0 Å². The number of phenols is 1. The second-order valence-electron chi connectivity index (χ2n) is 6.49. The topological polar surface area (TPSA) is 105 Å². The fourth-order valence-corrected chi connectivity index (χ4v) is 4.00. The van der Waals surface area contributed by atoms with E-state index in [2.05, 4.69) is 4.72 Å². The molecule has 1 aromatic rings. The van der Waals surface area contributed by atoms with E-state index in [-0.39, 0.29) is 30.9 Å². The summed E-state index contributed by atoms with van der Waals surface area (Å²) in [4.78, 5) is 14.3. The molecule has 1 amide bonds. The first-order chi connectivity index (χ1) is 12.2. The molecule has 0 spiro atoms. The Kier molecular flexibility index (Phi) is 6.85. The standard InChI is InChI=1S/C17H26N2O6S/c1-12-9-13(20)6-7-16(12)25-11-17(21)19-8-4-5-14(15(19)10-24-2)18-26(3,22)23/h6-7,9,14-15,18,20H,4-5,8,10-11H2,1-3H3/t14-,15?/m0/s1. The van der Waals surface area contributed by atoms with Gasteiger partial charge in [-0.2, -0.15) is 0 Å². The molecule has 1 aromatic carbocycles. The van der Waals surface area contributed by atoms with Gasteiger partial charge in [0.25, 0.3) is 5.91 Å². The van der Waals surface area contributed by atoms with Crippen LogP contribution in [0.5, 0.6) is 11.5 Å². The number of nitrogens with zero attached hydrogens (tertiary/aromatic N) is 1. The molecule has 0 saturated carbocycles. The number of likely N-dealkylation sites (tertiary alicyclic amines) is 1. The summed E-state index contributed by atoms with van der Waals surface area (Å²) in [5.41, 5.74) is 0.724. The quantitative estimate of drug-likeness (QED) is 0.712. The first kappa shape index (κ1) is 20.5. The second-order valence-corrected chi connectivity index (χ2v) is 8.27. The van der Waals surface area contributed by atoms with Crippen LogP contribution in [0.3, 0.4) is 0 Å². The van der Waals surface area contributed by atoms with Crippen molar-refractivity contribution in [1.29, 1.82) is 0 Å². The minimum atomic E-state index is -3.39. The summed E-state index contributed by atoms with van der Waals surface area (Å²) >= 11 is 0. The van der Waals surface area contributed by atoms with Gasteiger partial charge in [-0.25, -0.2) is 13.1 Å². The third-order valence-corrected chi connectivity index (χ3v) is 5.04. The highest BCUT2D eigenvalue weighted by atomic mass is 32.2. The fraction of sp³-hybridized carbons (Fsp3) is 0.588.